The lowest BCUT2D eigenvalue weighted by Crippen LogP contribution is -1.70. The maximum absolute atomic E-state index is 5.94. The molecule has 0 atom stereocenters. The molecule has 5 rings (SSSR count). The Morgan fingerprint density at radius 1 is 0.636 bits per heavy atom. The first-order valence-electron chi connectivity index (χ1n) is 6.86. The fourth-order valence-electron chi connectivity index (χ4n) is 3.01. The predicted molar refractivity (Wildman–Crippen MR) is 96.0 cm³/mol. The average molecular weight is 369 g/mol. The number of benzene rings is 3. The van der Waals surface area contributed by atoms with Crippen molar-refractivity contribution in [1.82, 2.24) is 0 Å². The second-order valence-electron chi connectivity index (χ2n) is 5.37. The molecule has 0 unspecified atom stereocenters. The van der Waals surface area contributed by atoms with E-state index in [-0.39, 0.29) is 0 Å². The highest BCUT2D eigenvalue weighted by atomic mass is 79.9. The van der Waals surface area contributed by atoms with Gasteiger partial charge in [-0.1, -0.05) is 15.9 Å². The van der Waals surface area contributed by atoms with Gasteiger partial charge in [0, 0.05) is 37.0 Å². The summed E-state index contributed by atoms with van der Waals surface area (Å²) in [5.41, 5.74) is 3.42. The lowest BCUT2D eigenvalue weighted by Gasteiger charge is -1.93. The van der Waals surface area contributed by atoms with Crippen LogP contribution in [0.2, 0.25) is 0 Å². The standard InChI is InChI=1S/C18H9BrO2S/c19-9-1-3-15-11(5-9)13-7-14-12-6-10(22)2-4-16(12)21-18(14)8-17(13)20-15/h1-8,22H. The molecule has 0 spiro atoms. The Kier molecular flexibility index (Phi) is 2.47. The van der Waals surface area contributed by atoms with Crippen LogP contribution in [0.25, 0.3) is 43.9 Å². The van der Waals surface area contributed by atoms with E-state index in [9.17, 15) is 0 Å². The topological polar surface area (TPSA) is 26.3 Å². The minimum Gasteiger partial charge on any atom is -0.456 e. The van der Waals surface area contributed by atoms with Crippen molar-refractivity contribution in [3.8, 4) is 0 Å². The summed E-state index contributed by atoms with van der Waals surface area (Å²) in [7, 11) is 0. The lowest BCUT2D eigenvalue weighted by atomic mass is 10.1. The van der Waals surface area contributed by atoms with E-state index in [2.05, 4.69) is 40.7 Å². The number of thiol groups is 1. The van der Waals surface area contributed by atoms with Gasteiger partial charge in [-0.2, -0.15) is 0 Å². The summed E-state index contributed by atoms with van der Waals surface area (Å²) < 4.78 is 12.9. The van der Waals surface area contributed by atoms with Crippen molar-refractivity contribution in [2.45, 2.75) is 4.90 Å². The van der Waals surface area contributed by atoms with E-state index in [1.165, 1.54) is 0 Å². The van der Waals surface area contributed by atoms with Gasteiger partial charge in [0.2, 0.25) is 0 Å². The molecule has 0 fully saturated rings. The third kappa shape index (κ3) is 1.68. The highest BCUT2D eigenvalue weighted by Crippen LogP contribution is 2.37. The number of hydrogen-bond donors (Lipinski definition) is 1. The van der Waals surface area contributed by atoms with Crippen LogP contribution in [-0.2, 0) is 0 Å². The van der Waals surface area contributed by atoms with Gasteiger partial charge in [-0.05, 0) is 42.5 Å². The molecule has 0 amide bonds. The summed E-state index contributed by atoms with van der Waals surface area (Å²) in [5.74, 6) is 0. The zero-order chi connectivity index (χ0) is 14.8. The minimum atomic E-state index is 0.833. The number of hydrogen-bond acceptors (Lipinski definition) is 3. The SMILES string of the molecule is Sc1ccc2oc3cc4oc5ccc(Br)cc5c4cc3c2c1. The molecule has 0 radical (unpaired) electrons. The smallest absolute Gasteiger partial charge is 0.139 e. The van der Waals surface area contributed by atoms with Crippen LogP contribution < -0.4 is 0 Å². The van der Waals surface area contributed by atoms with Crippen LogP contribution in [0.15, 0.2) is 66.7 Å². The number of halogens is 1. The second kappa shape index (κ2) is 4.31. The van der Waals surface area contributed by atoms with Crippen molar-refractivity contribution < 1.29 is 8.83 Å². The minimum absolute atomic E-state index is 0.833. The van der Waals surface area contributed by atoms with Gasteiger partial charge in [0.1, 0.15) is 22.3 Å². The highest BCUT2D eigenvalue weighted by Gasteiger charge is 2.13. The normalized spacial score (nSPS) is 12.1. The van der Waals surface area contributed by atoms with Crippen LogP contribution in [-0.4, -0.2) is 0 Å². The summed E-state index contributed by atoms with van der Waals surface area (Å²) in [6.45, 7) is 0. The zero-order valence-electron chi connectivity index (χ0n) is 11.3. The van der Waals surface area contributed by atoms with Gasteiger partial charge in [0.25, 0.3) is 0 Å². The number of furan rings is 2. The average Bonchev–Trinajstić information content (AvgIpc) is 3.02. The van der Waals surface area contributed by atoms with Crippen molar-refractivity contribution in [2.24, 2.45) is 0 Å². The fraction of sp³-hybridized carbons (Fsp3) is 0. The van der Waals surface area contributed by atoms with E-state index in [0.29, 0.717) is 0 Å². The number of rotatable bonds is 0. The largest absolute Gasteiger partial charge is 0.456 e. The number of fused-ring (bicyclic) bond motifs is 6. The van der Waals surface area contributed by atoms with E-state index >= 15 is 0 Å². The van der Waals surface area contributed by atoms with Crippen molar-refractivity contribution in [2.75, 3.05) is 0 Å². The van der Waals surface area contributed by atoms with E-state index in [4.69, 9.17) is 8.83 Å². The van der Waals surface area contributed by atoms with Crippen LogP contribution in [0, 0.1) is 0 Å². The summed E-state index contributed by atoms with van der Waals surface area (Å²) >= 11 is 7.95. The van der Waals surface area contributed by atoms with Gasteiger partial charge in [-0.15, -0.1) is 12.6 Å². The van der Waals surface area contributed by atoms with Gasteiger partial charge in [-0.3, -0.25) is 0 Å². The Labute approximate surface area is 139 Å². The molecule has 4 heteroatoms. The van der Waals surface area contributed by atoms with Crippen LogP contribution in [0.1, 0.15) is 0 Å². The van der Waals surface area contributed by atoms with Crippen LogP contribution in [0.3, 0.4) is 0 Å². The lowest BCUT2D eigenvalue weighted by molar-refractivity contribution is 0.656. The predicted octanol–water partition coefficient (Wildman–Crippen LogP) is 6.54. The molecule has 0 N–H and O–H groups in total. The van der Waals surface area contributed by atoms with Crippen molar-refractivity contribution in [3.05, 3.63) is 53.0 Å². The van der Waals surface area contributed by atoms with Gasteiger partial charge in [0.15, 0.2) is 0 Å². The molecule has 2 nitrogen and oxygen atoms in total. The van der Waals surface area contributed by atoms with Crippen molar-refractivity contribution in [1.29, 1.82) is 0 Å². The molecular weight excluding hydrogens is 360 g/mol. The first-order chi connectivity index (χ1) is 10.7. The van der Waals surface area contributed by atoms with Crippen LogP contribution >= 0.6 is 28.6 Å². The summed E-state index contributed by atoms with van der Waals surface area (Å²) in [6, 6.07) is 16.1. The molecule has 3 aromatic carbocycles. The molecular formula is C18H9BrO2S. The molecule has 22 heavy (non-hydrogen) atoms. The monoisotopic (exact) mass is 368 g/mol. The maximum Gasteiger partial charge on any atom is 0.139 e. The van der Waals surface area contributed by atoms with Gasteiger partial charge >= 0.3 is 0 Å². The Bertz CT molecular complexity index is 1110. The third-order valence-corrected chi connectivity index (χ3v) is 4.78. The van der Waals surface area contributed by atoms with Gasteiger partial charge in [-0.25, -0.2) is 0 Å². The zero-order valence-corrected chi connectivity index (χ0v) is 13.7. The van der Waals surface area contributed by atoms with Gasteiger partial charge in [0.05, 0.1) is 0 Å². The molecule has 0 bridgehead atoms. The molecule has 0 saturated carbocycles. The van der Waals surface area contributed by atoms with Crippen LogP contribution in [0.5, 0.6) is 0 Å². The molecule has 2 heterocycles. The van der Waals surface area contributed by atoms with Gasteiger partial charge < -0.3 is 8.83 Å². The fourth-order valence-corrected chi connectivity index (χ4v) is 3.57. The second-order valence-corrected chi connectivity index (χ2v) is 6.80. The Morgan fingerprint density at radius 2 is 1.23 bits per heavy atom. The third-order valence-electron chi connectivity index (χ3n) is 4.01. The van der Waals surface area contributed by atoms with Crippen molar-refractivity contribution in [3.63, 3.8) is 0 Å². The van der Waals surface area contributed by atoms with Crippen LogP contribution in [0.4, 0.5) is 0 Å². The molecule has 2 aromatic heterocycles. The van der Waals surface area contributed by atoms with E-state index in [0.717, 1.165) is 53.2 Å². The molecule has 0 aliphatic carbocycles. The van der Waals surface area contributed by atoms with E-state index in [1.807, 2.05) is 36.4 Å². The maximum atomic E-state index is 5.94. The molecule has 0 aliphatic heterocycles. The highest BCUT2D eigenvalue weighted by molar-refractivity contribution is 9.10. The molecule has 0 aliphatic rings. The summed E-state index contributed by atoms with van der Waals surface area (Å²) in [4.78, 5) is 0.926. The Hall–Kier alpha value is -1.91. The quantitative estimate of drug-likeness (QED) is 0.314. The first kappa shape index (κ1) is 12.6. The molecule has 0 saturated heterocycles. The van der Waals surface area contributed by atoms with E-state index < -0.39 is 0 Å². The first-order valence-corrected chi connectivity index (χ1v) is 8.10. The molecule has 5 aromatic rings. The van der Waals surface area contributed by atoms with Crippen molar-refractivity contribution >= 4 is 72.4 Å². The molecule has 106 valence electrons. The summed E-state index contributed by atoms with van der Waals surface area (Å²) in [5, 5.41) is 4.36. The Balaban J connectivity index is 2.00. The Morgan fingerprint density at radius 3 is 1.95 bits per heavy atom. The summed E-state index contributed by atoms with van der Waals surface area (Å²) in [6.07, 6.45) is 0. The van der Waals surface area contributed by atoms with E-state index in [1.54, 1.807) is 0 Å².